The van der Waals surface area contributed by atoms with Crippen molar-refractivity contribution in [2.45, 2.75) is 58.9 Å². The number of anilines is 1. The van der Waals surface area contributed by atoms with E-state index >= 15 is 0 Å². The van der Waals surface area contributed by atoms with Crippen molar-refractivity contribution in [2.75, 3.05) is 24.5 Å². The molecule has 8 nitrogen and oxygen atoms in total. The van der Waals surface area contributed by atoms with Crippen molar-refractivity contribution >= 4 is 17.4 Å². The molecule has 2 fully saturated rings. The minimum absolute atomic E-state index is 0.0756. The van der Waals surface area contributed by atoms with Gasteiger partial charge < -0.3 is 14.3 Å². The first-order valence-electron chi connectivity index (χ1n) is 10.9. The van der Waals surface area contributed by atoms with E-state index in [-0.39, 0.29) is 11.9 Å². The average Bonchev–Trinajstić information content (AvgIpc) is 3.48. The molecule has 158 valence electrons. The van der Waals surface area contributed by atoms with Crippen LogP contribution in [0.25, 0.3) is 5.65 Å². The average molecular weight is 409 g/mol. The van der Waals surface area contributed by atoms with Crippen LogP contribution in [0.3, 0.4) is 0 Å². The third-order valence-electron chi connectivity index (χ3n) is 6.49. The molecular weight excluding hydrogens is 380 g/mol. The molecule has 2 aliphatic rings. The van der Waals surface area contributed by atoms with Crippen LogP contribution in [0.2, 0.25) is 0 Å². The van der Waals surface area contributed by atoms with Gasteiger partial charge in [0.1, 0.15) is 5.82 Å². The molecule has 5 heterocycles. The van der Waals surface area contributed by atoms with Crippen molar-refractivity contribution in [1.82, 2.24) is 24.7 Å². The zero-order chi connectivity index (χ0) is 20.8. The van der Waals surface area contributed by atoms with Gasteiger partial charge >= 0.3 is 0 Å². The lowest BCUT2D eigenvalue weighted by Gasteiger charge is -2.34. The Bertz CT molecular complexity index is 1090. The number of carbonyl (C=O) groups is 1. The Balaban J connectivity index is 1.49. The van der Waals surface area contributed by atoms with Crippen molar-refractivity contribution in [2.24, 2.45) is 0 Å². The number of carbonyl (C=O) groups excluding carboxylic acids is 1. The quantitative estimate of drug-likeness (QED) is 0.659. The summed E-state index contributed by atoms with van der Waals surface area (Å²) in [5, 5.41) is 8.78. The van der Waals surface area contributed by atoms with Gasteiger partial charge in [-0.15, -0.1) is 0 Å². The van der Waals surface area contributed by atoms with Crippen molar-refractivity contribution in [3.8, 4) is 0 Å². The molecule has 3 aromatic heterocycles. The van der Waals surface area contributed by atoms with Crippen molar-refractivity contribution < 1.29 is 9.32 Å². The SMILES string of the molecule is Cc1cn2nc(C3CCCCN3C(=O)c3onc(C)c3C)cc2nc1N1CCCC1. The van der Waals surface area contributed by atoms with Gasteiger partial charge in [-0.3, -0.25) is 4.79 Å². The van der Waals surface area contributed by atoms with Gasteiger partial charge in [0, 0.05) is 43.0 Å². The van der Waals surface area contributed by atoms with E-state index in [1.165, 1.54) is 12.8 Å². The summed E-state index contributed by atoms with van der Waals surface area (Å²) in [4.78, 5) is 22.4. The Morgan fingerprint density at radius 1 is 1.10 bits per heavy atom. The molecule has 8 heteroatoms. The third kappa shape index (κ3) is 3.14. The number of piperidine rings is 1. The Kier molecular flexibility index (Phi) is 4.72. The van der Waals surface area contributed by atoms with Gasteiger partial charge in [0.15, 0.2) is 5.65 Å². The number of aromatic nitrogens is 4. The lowest BCUT2D eigenvalue weighted by molar-refractivity contribution is 0.0562. The molecule has 0 radical (unpaired) electrons. The van der Waals surface area contributed by atoms with Gasteiger partial charge in [-0.2, -0.15) is 5.10 Å². The van der Waals surface area contributed by atoms with Crippen LogP contribution in [-0.2, 0) is 0 Å². The molecule has 0 N–H and O–H groups in total. The molecule has 0 aromatic carbocycles. The first kappa shape index (κ1) is 19.1. The van der Waals surface area contributed by atoms with E-state index < -0.39 is 0 Å². The summed E-state index contributed by atoms with van der Waals surface area (Å²) in [5.41, 5.74) is 4.42. The highest BCUT2D eigenvalue weighted by atomic mass is 16.5. The Labute approximate surface area is 175 Å². The van der Waals surface area contributed by atoms with Crippen molar-refractivity contribution in [3.05, 3.63) is 40.5 Å². The van der Waals surface area contributed by atoms with Crippen LogP contribution in [-0.4, -0.2) is 50.2 Å². The Hall–Kier alpha value is -2.90. The molecule has 1 atom stereocenters. The molecule has 2 saturated heterocycles. The third-order valence-corrected chi connectivity index (χ3v) is 6.49. The molecule has 1 unspecified atom stereocenters. The van der Waals surface area contributed by atoms with E-state index in [9.17, 15) is 4.79 Å². The van der Waals surface area contributed by atoms with Crippen LogP contribution in [0.1, 0.15) is 71.2 Å². The van der Waals surface area contributed by atoms with E-state index in [1.54, 1.807) is 0 Å². The van der Waals surface area contributed by atoms with Gasteiger partial charge in [0.2, 0.25) is 5.76 Å². The van der Waals surface area contributed by atoms with Crippen LogP contribution in [0.4, 0.5) is 5.82 Å². The molecule has 0 saturated carbocycles. The van der Waals surface area contributed by atoms with Gasteiger partial charge in [0.25, 0.3) is 5.91 Å². The molecule has 2 aliphatic heterocycles. The minimum Gasteiger partial charge on any atom is -0.356 e. The number of amides is 1. The van der Waals surface area contributed by atoms with Gasteiger partial charge in [0.05, 0.1) is 17.4 Å². The van der Waals surface area contributed by atoms with Crippen LogP contribution in [0, 0.1) is 20.8 Å². The summed E-state index contributed by atoms with van der Waals surface area (Å²) >= 11 is 0. The predicted molar refractivity (Wildman–Crippen MR) is 113 cm³/mol. The van der Waals surface area contributed by atoms with Crippen molar-refractivity contribution in [1.29, 1.82) is 0 Å². The Morgan fingerprint density at radius 2 is 1.87 bits per heavy atom. The van der Waals surface area contributed by atoms with Crippen molar-refractivity contribution in [3.63, 3.8) is 0 Å². The zero-order valence-electron chi connectivity index (χ0n) is 17.9. The predicted octanol–water partition coefficient (Wildman–Crippen LogP) is 3.61. The molecule has 0 aliphatic carbocycles. The van der Waals surface area contributed by atoms with Crippen LogP contribution in [0.15, 0.2) is 16.8 Å². The normalized spacial score (nSPS) is 19.8. The monoisotopic (exact) mass is 408 g/mol. The lowest BCUT2D eigenvalue weighted by atomic mass is 9.98. The summed E-state index contributed by atoms with van der Waals surface area (Å²) in [7, 11) is 0. The number of hydrogen-bond donors (Lipinski definition) is 0. The standard InChI is InChI=1S/C22H28N6O2/c1-14-13-28-19(23-21(14)26-9-6-7-10-26)12-17(24-28)18-8-4-5-11-27(18)22(29)20-15(2)16(3)25-30-20/h12-13,18H,4-11H2,1-3H3. The number of hydrogen-bond acceptors (Lipinski definition) is 6. The highest BCUT2D eigenvalue weighted by molar-refractivity contribution is 5.93. The number of nitrogens with zero attached hydrogens (tertiary/aromatic N) is 6. The lowest BCUT2D eigenvalue weighted by Crippen LogP contribution is -2.38. The molecule has 30 heavy (non-hydrogen) atoms. The van der Waals surface area contributed by atoms with Gasteiger partial charge in [-0.25, -0.2) is 9.50 Å². The zero-order valence-corrected chi connectivity index (χ0v) is 17.9. The molecule has 1 amide bonds. The maximum absolute atomic E-state index is 13.3. The molecule has 5 rings (SSSR count). The highest BCUT2D eigenvalue weighted by Crippen LogP contribution is 2.33. The minimum atomic E-state index is -0.100. The number of rotatable bonds is 3. The fourth-order valence-corrected chi connectivity index (χ4v) is 4.66. The number of likely N-dealkylation sites (tertiary alicyclic amines) is 1. The van der Waals surface area contributed by atoms with E-state index in [0.717, 1.165) is 66.3 Å². The van der Waals surface area contributed by atoms with Crippen LogP contribution in [0.5, 0.6) is 0 Å². The second-order valence-electron chi connectivity index (χ2n) is 8.55. The largest absolute Gasteiger partial charge is 0.356 e. The van der Waals surface area contributed by atoms with E-state index in [4.69, 9.17) is 14.6 Å². The molecule has 0 bridgehead atoms. The maximum Gasteiger partial charge on any atom is 0.293 e. The fraction of sp³-hybridized carbons (Fsp3) is 0.545. The summed E-state index contributed by atoms with van der Waals surface area (Å²) in [5.74, 6) is 1.29. The first-order chi connectivity index (χ1) is 14.5. The van der Waals surface area contributed by atoms with E-state index in [0.29, 0.717) is 12.3 Å². The summed E-state index contributed by atoms with van der Waals surface area (Å²) in [6.45, 7) is 8.65. The van der Waals surface area contributed by atoms with Gasteiger partial charge in [-0.05, 0) is 52.9 Å². The van der Waals surface area contributed by atoms with Crippen LogP contribution >= 0.6 is 0 Å². The summed E-state index contributed by atoms with van der Waals surface area (Å²) in [6.07, 6.45) is 7.44. The van der Waals surface area contributed by atoms with E-state index in [1.807, 2.05) is 29.3 Å². The Morgan fingerprint density at radius 3 is 2.60 bits per heavy atom. The second kappa shape index (κ2) is 7.41. The number of fused-ring (bicyclic) bond motifs is 1. The van der Waals surface area contributed by atoms with Gasteiger partial charge in [-0.1, -0.05) is 5.16 Å². The fourth-order valence-electron chi connectivity index (χ4n) is 4.66. The highest BCUT2D eigenvalue weighted by Gasteiger charge is 2.33. The van der Waals surface area contributed by atoms with Crippen LogP contribution < -0.4 is 4.90 Å². The summed E-state index contributed by atoms with van der Waals surface area (Å²) < 4.78 is 7.21. The topological polar surface area (TPSA) is 79.8 Å². The molecular formula is C22H28N6O2. The number of aryl methyl sites for hydroxylation is 2. The second-order valence-corrected chi connectivity index (χ2v) is 8.55. The molecule has 0 spiro atoms. The molecule has 3 aromatic rings. The smallest absolute Gasteiger partial charge is 0.293 e. The maximum atomic E-state index is 13.3. The van der Waals surface area contributed by atoms with E-state index in [2.05, 4.69) is 23.2 Å². The summed E-state index contributed by atoms with van der Waals surface area (Å²) in [6, 6.07) is 1.96. The first-order valence-corrected chi connectivity index (χ1v) is 10.9.